The van der Waals surface area contributed by atoms with Crippen LogP contribution in [0.25, 0.3) is 5.65 Å². The molecule has 2 aromatic heterocycles. The van der Waals surface area contributed by atoms with Gasteiger partial charge in [-0.3, -0.25) is 4.40 Å². The van der Waals surface area contributed by atoms with Crippen LogP contribution in [-0.2, 0) is 4.74 Å². The Kier molecular flexibility index (Phi) is 4.74. The zero-order valence-electron chi connectivity index (χ0n) is 14.2. The van der Waals surface area contributed by atoms with Gasteiger partial charge in [-0.2, -0.15) is 0 Å². The quantitative estimate of drug-likeness (QED) is 0.553. The van der Waals surface area contributed by atoms with Crippen LogP contribution in [0.4, 0.5) is 11.5 Å². The second-order valence-corrected chi connectivity index (χ2v) is 5.49. The number of nitrogens with zero attached hydrogens (tertiary/aromatic N) is 4. The SMILES string of the molecule is CCOC(=O)c1nc2cc(C)ccn2c1N=Nc1cccc(C(=O)O)c1. The van der Waals surface area contributed by atoms with Crippen LogP contribution in [0.3, 0.4) is 0 Å². The molecule has 0 atom stereocenters. The Hall–Kier alpha value is -3.55. The fourth-order valence-corrected chi connectivity index (χ4v) is 2.37. The summed E-state index contributed by atoms with van der Waals surface area (Å²) in [6, 6.07) is 9.71. The van der Waals surface area contributed by atoms with E-state index in [1.165, 1.54) is 12.1 Å². The van der Waals surface area contributed by atoms with Crippen LogP contribution in [0.2, 0.25) is 0 Å². The molecule has 0 aliphatic carbocycles. The van der Waals surface area contributed by atoms with E-state index in [0.717, 1.165) is 5.56 Å². The summed E-state index contributed by atoms with van der Waals surface area (Å²) in [5.74, 6) is -1.43. The Morgan fingerprint density at radius 2 is 2.04 bits per heavy atom. The number of pyridine rings is 1. The fourth-order valence-electron chi connectivity index (χ4n) is 2.37. The van der Waals surface area contributed by atoms with Crippen molar-refractivity contribution in [3.63, 3.8) is 0 Å². The number of azo groups is 1. The first-order valence-electron chi connectivity index (χ1n) is 7.90. The largest absolute Gasteiger partial charge is 0.478 e. The number of esters is 1. The lowest BCUT2D eigenvalue weighted by atomic mass is 10.2. The molecule has 26 heavy (non-hydrogen) atoms. The van der Waals surface area contributed by atoms with Gasteiger partial charge in [0.15, 0.2) is 11.5 Å². The van der Waals surface area contributed by atoms with E-state index in [-0.39, 0.29) is 23.7 Å². The van der Waals surface area contributed by atoms with E-state index in [2.05, 4.69) is 15.2 Å². The number of aryl methyl sites for hydroxylation is 1. The van der Waals surface area contributed by atoms with Crippen LogP contribution in [0.15, 0.2) is 52.8 Å². The lowest BCUT2D eigenvalue weighted by Crippen LogP contribution is -2.05. The molecule has 132 valence electrons. The minimum atomic E-state index is -1.06. The van der Waals surface area contributed by atoms with Crippen molar-refractivity contribution in [2.75, 3.05) is 6.61 Å². The minimum Gasteiger partial charge on any atom is -0.478 e. The van der Waals surface area contributed by atoms with Crippen molar-refractivity contribution < 1.29 is 19.4 Å². The van der Waals surface area contributed by atoms with Gasteiger partial charge < -0.3 is 9.84 Å². The Morgan fingerprint density at radius 3 is 2.77 bits per heavy atom. The summed E-state index contributed by atoms with van der Waals surface area (Å²) in [5.41, 5.74) is 2.02. The highest BCUT2D eigenvalue weighted by atomic mass is 16.5. The van der Waals surface area contributed by atoms with E-state index < -0.39 is 11.9 Å². The summed E-state index contributed by atoms with van der Waals surface area (Å²) >= 11 is 0. The Bertz CT molecular complexity index is 1020. The summed E-state index contributed by atoms with van der Waals surface area (Å²) in [7, 11) is 0. The number of rotatable bonds is 5. The molecule has 3 rings (SSSR count). The summed E-state index contributed by atoms with van der Waals surface area (Å²) in [6.07, 6.45) is 1.74. The molecule has 0 radical (unpaired) electrons. The monoisotopic (exact) mass is 352 g/mol. The molecule has 1 N–H and O–H groups in total. The number of benzene rings is 1. The number of carbonyl (C=O) groups excluding carboxylic acids is 1. The standard InChI is InChI=1S/C18H16N4O4/c1-3-26-18(25)15-16(22-8-7-11(2)9-14(22)19-15)21-20-13-6-4-5-12(10-13)17(23)24/h4-10H,3H2,1-2H3,(H,23,24). The minimum absolute atomic E-state index is 0.0515. The second kappa shape index (κ2) is 7.14. The van der Waals surface area contributed by atoms with Gasteiger partial charge in [0.2, 0.25) is 0 Å². The van der Waals surface area contributed by atoms with Gasteiger partial charge in [-0.1, -0.05) is 6.07 Å². The smallest absolute Gasteiger partial charge is 0.360 e. The highest BCUT2D eigenvalue weighted by Gasteiger charge is 2.20. The maximum Gasteiger partial charge on any atom is 0.360 e. The van der Waals surface area contributed by atoms with Gasteiger partial charge in [0, 0.05) is 6.20 Å². The lowest BCUT2D eigenvalue weighted by Gasteiger charge is -2.00. The van der Waals surface area contributed by atoms with E-state index in [1.54, 1.807) is 29.7 Å². The third-order valence-corrected chi connectivity index (χ3v) is 3.58. The molecule has 0 bridgehead atoms. The predicted molar refractivity (Wildman–Crippen MR) is 93.5 cm³/mol. The number of aromatic nitrogens is 2. The molecular weight excluding hydrogens is 336 g/mol. The third kappa shape index (κ3) is 3.44. The Labute approximate surface area is 148 Å². The number of carboxylic acids is 1. The molecule has 0 aliphatic heterocycles. The molecule has 0 aliphatic rings. The molecule has 0 spiro atoms. The molecular formula is C18H16N4O4. The zero-order valence-corrected chi connectivity index (χ0v) is 14.2. The van der Waals surface area contributed by atoms with Gasteiger partial charge in [0.25, 0.3) is 0 Å². The Morgan fingerprint density at radius 1 is 1.23 bits per heavy atom. The molecule has 0 unspecified atom stereocenters. The van der Waals surface area contributed by atoms with Gasteiger partial charge >= 0.3 is 11.9 Å². The first-order chi connectivity index (χ1) is 12.5. The van der Waals surface area contributed by atoms with Crippen LogP contribution in [0.1, 0.15) is 33.3 Å². The number of hydrogen-bond donors (Lipinski definition) is 1. The summed E-state index contributed by atoms with van der Waals surface area (Å²) in [4.78, 5) is 27.5. The van der Waals surface area contributed by atoms with Crippen molar-refractivity contribution in [1.29, 1.82) is 0 Å². The van der Waals surface area contributed by atoms with Gasteiger partial charge in [0.1, 0.15) is 5.65 Å². The van der Waals surface area contributed by atoms with Crippen LogP contribution in [0.5, 0.6) is 0 Å². The van der Waals surface area contributed by atoms with Gasteiger partial charge in [-0.05, 0) is 49.7 Å². The summed E-state index contributed by atoms with van der Waals surface area (Å²) in [5, 5.41) is 17.2. The topological polar surface area (TPSA) is 106 Å². The number of fused-ring (bicyclic) bond motifs is 1. The highest BCUT2D eigenvalue weighted by molar-refractivity contribution is 5.93. The van der Waals surface area contributed by atoms with Crippen molar-refractivity contribution in [3.8, 4) is 0 Å². The van der Waals surface area contributed by atoms with Crippen LogP contribution < -0.4 is 0 Å². The van der Waals surface area contributed by atoms with E-state index in [0.29, 0.717) is 11.3 Å². The van der Waals surface area contributed by atoms with Crippen molar-refractivity contribution >= 4 is 29.1 Å². The molecule has 1 aromatic carbocycles. The van der Waals surface area contributed by atoms with Crippen LogP contribution >= 0.6 is 0 Å². The summed E-state index contributed by atoms with van der Waals surface area (Å²) in [6.45, 7) is 3.83. The van der Waals surface area contributed by atoms with Crippen molar-refractivity contribution in [2.24, 2.45) is 10.2 Å². The fraction of sp³-hybridized carbons (Fsp3) is 0.167. The maximum atomic E-state index is 12.2. The third-order valence-electron chi connectivity index (χ3n) is 3.58. The van der Waals surface area contributed by atoms with Crippen LogP contribution in [-0.4, -0.2) is 33.0 Å². The molecule has 0 saturated carbocycles. The molecule has 8 heteroatoms. The molecule has 0 fully saturated rings. The highest BCUT2D eigenvalue weighted by Crippen LogP contribution is 2.26. The number of ether oxygens (including phenoxy) is 1. The van der Waals surface area contributed by atoms with Crippen molar-refractivity contribution in [3.05, 3.63) is 59.4 Å². The number of hydrogen-bond acceptors (Lipinski definition) is 6. The van der Waals surface area contributed by atoms with Crippen molar-refractivity contribution in [1.82, 2.24) is 9.38 Å². The zero-order chi connectivity index (χ0) is 18.7. The average molecular weight is 352 g/mol. The number of carboxylic acid groups (broad SMARTS) is 1. The molecule has 0 amide bonds. The van der Waals surface area contributed by atoms with Gasteiger partial charge in [0.05, 0.1) is 17.9 Å². The van der Waals surface area contributed by atoms with Crippen molar-refractivity contribution in [2.45, 2.75) is 13.8 Å². The van der Waals surface area contributed by atoms with E-state index >= 15 is 0 Å². The first-order valence-corrected chi connectivity index (χ1v) is 7.90. The number of aromatic carboxylic acids is 1. The molecule has 0 saturated heterocycles. The number of carbonyl (C=O) groups is 2. The Balaban J connectivity index is 2.08. The normalized spacial score (nSPS) is 11.2. The predicted octanol–water partition coefficient (Wildman–Crippen LogP) is 3.93. The van der Waals surface area contributed by atoms with E-state index in [9.17, 15) is 9.59 Å². The van der Waals surface area contributed by atoms with E-state index in [4.69, 9.17) is 9.84 Å². The lowest BCUT2D eigenvalue weighted by molar-refractivity contribution is 0.0520. The molecule has 8 nitrogen and oxygen atoms in total. The second-order valence-electron chi connectivity index (χ2n) is 5.49. The van der Waals surface area contributed by atoms with E-state index in [1.807, 2.05) is 19.1 Å². The van der Waals surface area contributed by atoms with Gasteiger partial charge in [-0.15, -0.1) is 10.2 Å². The number of imidazole rings is 1. The molecule has 2 heterocycles. The first kappa shape index (κ1) is 17.3. The average Bonchev–Trinajstić information content (AvgIpc) is 2.98. The summed E-state index contributed by atoms with van der Waals surface area (Å²) < 4.78 is 6.67. The van der Waals surface area contributed by atoms with Gasteiger partial charge in [-0.25, -0.2) is 14.6 Å². The molecule has 3 aromatic rings. The van der Waals surface area contributed by atoms with Crippen LogP contribution in [0, 0.1) is 6.92 Å². The maximum absolute atomic E-state index is 12.2.